The van der Waals surface area contributed by atoms with Crippen LogP contribution in [0.25, 0.3) is 10.9 Å². The Morgan fingerprint density at radius 3 is 2.42 bits per heavy atom. The molecule has 0 spiro atoms. The molecule has 0 fully saturated rings. The maximum Gasteiger partial charge on any atom is 0.260 e. The van der Waals surface area contributed by atoms with E-state index in [0.29, 0.717) is 12.0 Å². The van der Waals surface area contributed by atoms with E-state index in [-0.39, 0.29) is 23.9 Å². The summed E-state index contributed by atoms with van der Waals surface area (Å²) in [4.78, 5) is 34.6. The molecular weight excluding hydrogens is 410 g/mol. The molecule has 2 atom stereocenters. The van der Waals surface area contributed by atoms with Crippen LogP contribution < -0.4 is 9.80 Å². The molecule has 0 saturated carbocycles. The molecule has 3 aromatic carbocycles. The number of carbonyl (C=O) groups excluding carboxylic acids is 2. The van der Waals surface area contributed by atoms with Gasteiger partial charge in [0.1, 0.15) is 0 Å². The van der Waals surface area contributed by atoms with Gasteiger partial charge in [0.25, 0.3) is 5.91 Å². The summed E-state index contributed by atoms with van der Waals surface area (Å²) in [6.07, 6.45) is 2.29. The monoisotopic (exact) mass is 435 g/mol. The fourth-order valence-corrected chi connectivity index (χ4v) is 4.83. The summed E-state index contributed by atoms with van der Waals surface area (Å²) in [6.45, 7) is 3.64. The van der Waals surface area contributed by atoms with E-state index in [1.54, 1.807) is 13.1 Å². The molecule has 0 bridgehead atoms. The Bertz CT molecular complexity index is 1340. The van der Waals surface area contributed by atoms with E-state index in [1.807, 2.05) is 102 Å². The Hall–Kier alpha value is -3.99. The lowest BCUT2D eigenvalue weighted by Crippen LogP contribution is -2.47. The second kappa shape index (κ2) is 8.51. The molecule has 164 valence electrons. The van der Waals surface area contributed by atoms with Gasteiger partial charge in [-0.15, -0.1) is 0 Å². The van der Waals surface area contributed by atoms with Crippen molar-refractivity contribution in [2.24, 2.45) is 0 Å². The van der Waals surface area contributed by atoms with Crippen molar-refractivity contribution in [2.75, 3.05) is 9.80 Å². The number of pyridine rings is 1. The fourth-order valence-electron chi connectivity index (χ4n) is 4.83. The van der Waals surface area contributed by atoms with E-state index in [2.05, 4.69) is 4.98 Å². The van der Waals surface area contributed by atoms with Crippen LogP contribution in [0.2, 0.25) is 0 Å². The Morgan fingerprint density at radius 1 is 0.939 bits per heavy atom. The Balaban J connectivity index is 1.57. The number of benzene rings is 3. The number of amides is 2. The van der Waals surface area contributed by atoms with Crippen LogP contribution in [0, 0.1) is 0 Å². The third kappa shape index (κ3) is 3.76. The topological polar surface area (TPSA) is 53.5 Å². The lowest BCUT2D eigenvalue weighted by Gasteiger charge is -2.43. The van der Waals surface area contributed by atoms with E-state index in [4.69, 9.17) is 0 Å². The summed E-state index contributed by atoms with van der Waals surface area (Å²) in [5.74, 6) is -0.104. The van der Waals surface area contributed by atoms with E-state index in [0.717, 1.165) is 27.8 Å². The van der Waals surface area contributed by atoms with Gasteiger partial charge in [0.15, 0.2) is 0 Å². The molecule has 1 aromatic heterocycles. The van der Waals surface area contributed by atoms with Gasteiger partial charge in [-0.2, -0.15) is 0 Å². The van der Waals surface area contributed by atoms with Gasteiger partial charge >= 0.3 is 0 Å². The molecule has 5 rings (SSSR count). The zero-order chi connectivity index (χ0) is 22.9. The minimum atomic E-state index is -0.158. The lowest BCUT2D eigenvalue weighted by atomic mass is 9.89. The van der Waals surface area contributed by atoms with Gasteiger partial charge in [-0.05, 0) is 49.2 Å². The molecule has 0 N–H and O–H groups in total. The van der Waals surface area contributed by atoms with E-state index < -0.39 is 0 Å². The van der Waals surface area contributed by atoms with Crippen LogP contribution in [-0.4, -0.2) is 22.8 Å². The minimum absolute atomic E-state index is 0.0216. The predicted octanol–water partition coefficient (Wildman–Crippen LogP) is 5.77. The van der Waals surface area contributed by atoms with Crippen molar-refractivity contribution >= 4 is 34.1 Å². The molecule has 0 radical (unpaired) electrons. The van der Waals surface area contributed by atoms with Gasteiger partial charge < -0.3 is 9.80 Å². The van der Waals surface area contributed by atoms with Crippen molar-refractivity contribution in [3.8, 4) is 0 Å². The summed E-state index contributed by atoms with van der Waals surface area (Å²) in [6, 6.07) is 27.0. The minimum Gasteiger partial charge on any atom is -0.305 e. The maximum absolute atomic E-state index is 13.7. The Morgan fingerprint density at radius 2 is 1.64 bits per heavy atom. The first-order valence-electron chi connectivity index (χ1n) is 11.2. The predicted molar refractivity (Wildman–Crippen MR) is 131 cm³/mol. The van der Waals surface area contributed by atoms with Gasteiger partial charge in [-0.3, -0.25) is 14.6 Å². The molecule has 1 aliphatic rings. The molecular formula is C28H25N3O2. The number of rotatable bonds is 3. The SMILES string of the molecule is CC(=O)N(c1ccccc1)[C@@H]1C[C@H](C)N(C(=O)c2cnc3ccccc3c2)c2ccccc21. The van der Waals surface area contributed by atoms with Crippen LogP contribution in [0.5, 0.6) is 0 Å². The van der Waals surface area contributed by atoms with Gasteiger partial charge in [-0.25, -0.2) is 0 Å². The first-order valence-corrected chi connectivity index (χ1v) is 11.2. The largest absolute Gasteiger partial charge is 0.305 e. The van der Waals surface area contributed by atoms with Crippen LogP contribution in [0.4, 0.5) is 11.4 Å². The van der Waals surface area contributed by atoms with Crippen molar-refractivity contribution in [3.05, 3.63) is 102 Å². The first-order chi connectivity index (χ1) is 16.0. The number of hydrogen-bond donors (Lipinski definition) is 0. The van der Waals surface area contributed by atoms with E-state index in [1.165, 1.54) is 0 Å². The number of anilines is 2. The normalized spacial score (nSPS) is 17.5. The molecule has 1 aliphatic heterocycles. The molecule has 0 unspecified atom stereocenters. The van der Waals surface area contributed by atoms with Crippen molar-refractivity contribution in [1.82, 2.24) is 4.98 Å². The van der Waals surface area contributed by atoms with Crippen LogP contribution in [-0.2, 0) is 4.79 Å². The van der Waals surface area contributed by atoms with Crippen LogP contribution in [0.15, 0.2) is 91.1 Å². The maximum atomic E-state index is 13.7. The van der Waals surface area contributed by atoms with Gasteiger partial charge in [0, 0.05) is 35.9 Å². The van der Waals surface area contributed by atoms with Crippen LogP contribution in [0.1, 0.15) is 42.2 Å². The number of nitrogens with zero attached hydrogens (tertiary/aromatic N) is 3. The number of fused-ring (bicyclic) bond motifs is 2. The molecule has 0 aliphatic carbocycles. The zero-order valence-corrected chi connectivity index (χ0v) is 18.7. The van der Waals surface area contributed by atoms with Crippen molar-refractivity contribution in [1.29, 1.82) is 0 Å². The quantitative estimate of drug-likeness (QED) is 0.411. The molecule has 0 saturated heterocycles. The fraction of sp³-hybridized carbons (Fsp3) is 0.179. The Labute approximate surface area is 193 Å². The number of para-hydroxylation sites is 3. The van der Waals surface area contributed by atoms with E-state index in [9.17, 15) is 9.59 Å². The molecule has 5 heteroatoms. The molecule has 2 heterocycles. The highest BCUT2D eigenvalue weighted by Gasteiger charge is 2.38. The first kappa shape index (κ1) is 20.9. The summed E-state index contributed by atoms with van der Waals surface area (Å²) < 4.78 is 0. The van der Waals surface area contributed by atoms with Crippen molar-refractivity contribution in [2.45, 2.75) is 32.4 Å². The number of hydrogen-bond acceptors (Lipinski definition) is 3. The molecule has 5 nitrogen and oxygen atoms in total. The Kier molecular flexibility index (Phi) is 5.38. The van der Waals surface area contributed by atoms with Gasteiger partial charge in [0.2, 0.25) is 5.91 Å². The zero-order valence-electron chi connectivity index (χ0n) is 18.7. The highest BCUT2D eigenvalue weighted by atomic mass is 16.2. The van der Waals surface area contributed by atoms with Crippen molar-refractivity contribution in [3.63, 3.8) is 0 Å². The molecule has 2 amide bonds. The lowest BCUT2D eigenvalue weighted by molar-refractivity contribution is -0.117. The average molecular weight is 436 g/mol. The standard InChI is InChI=1S/C28H25N3O2/c1-19-16-27(31(20(2)32)23-11-4-3-5-12-23)24-13-7-9-15-26(24)30(19)28(33)22-17-21-10-6-8-14-25(21)29-18-22/h3-15,17-19,27H,16H2,1-2H3/t19-,27+/m0/s1. The van der Waals surface area contributed by atoms with E-state index >= 15 is 0 Å². The van der Waals surface area contributed by atoms with Gasteiger partial charge in [-0.1, -0.05) is 54.6 Å². The van der Waals surface area contributed by atoms with Crippen molar-refractivity contribution < 1.29 is 9.59 Å². The summed E-state index contributed by atoms with van der Waals surface area (Å²) in [5, 5.41) is 0.936. The summed E-state index contributed by atoms with van der Waals surface area (Å²) in [7, 11) is 0. The van der Waals surface area contributed by atoms with Crippen LogP contribution in [0.3, 0.4) is 0 Å². The molecule has 4 aromatic rings. The second-order valence-electron chi connectivity index (χ2n) is 8.48. The average Bonchev–Trinajstić information content (AvgIpc) is 2.84. The number of aromatic nitrogens is 1. The third-order valence-corrected chi connectivity index (χ3v) is 6.30. The second-order valence-corrected chi connectivity index (χ2v) is 8.48. The third-order valence-electron chi connectivity index (χ3n) is 6.30. The highest BCUT2D eigenvalue weighted by Crippen LogP contribution is 2.42. The van der Waals surface area contributed by atoms with Gasteiger partial charge in [0.05, 0.1) is 17.1 Å². The van der Waals surface area contributed by atoms with Crippen LogP contribution >= 0.6 is 0 Å². The summed E-state index contributed by atoms with van der Waals surface area (Å²) in [5.41, 5.74) is 4.08. The smallest absolute Gasteiger partial charge is 0.260 e. The number of carbonyl (C=O) groups is 2. The highest BCUT2D eigenvalue weighted by molar-refractivity contribution is 6.08. The molecule has 33 heavy (non-hydrogen) atoms. The summed E-state index contributed by atoms with van der Waals surface area (Å²) >= 11 is 0.